The summed E-state index contributed by atoms with van der Waals surface area (Å²) in [6.07, 6.45) is 7.06. The number of carbonyl (C=O) groups excluding carboxylic acids is 3. The van der Waals surface area contributed by atoms with Crippen LogP contribution in [0.3, 0.4) is 0 Å². The SMILES string of the molecule is CNC(=O)c1nn(C)cc1NC(=O)c1nc(C(C)=O)cnc1Nc1cncnc1. The molecule has 2 amide bonds. The van der Waals surface area contributed by atoms with Crippen LogP contribution in [-0.2, 0) is 7.05 Å². The molecule has 29 heavy (non-hydrogen) atoms. The number of anilines is 3. The predicted octanol–water partition coefficient (Wildman–Crippen LogP) is 0.558. The Morgan fingerprint density at radius 2 is 1.76 bits per heavy atom. The summed E-state index contributed by atoms with van der Waals surface area (Å²) >= 11 is 0. The fourth-order valence-electron chi connectivity index (χ4n) is 2.36. The molecule has 3 heterocycles. The minimum absolute atomic E-state index is 0.0164. The third-order valence-corrected chi connectivity index (χ3v) is 3.69. The van der Waals surface area contributed by atoms with E-state index in [0.717, 1.165) is 0 Å². The monoisotopic (exact) mass is 395 g/mol. The second kappa shape index (κ2) is 8.21. The zero-order chi connectivity index (χ0) is 21.0. The number of hydrogen-bond donors (Lipinski definition) is 3. The highest BCUT2D eigenvalue weighted by molar-refractivity contribution is 6.10. The second-order valence-electron chi connectivity index (χ2n) is 5.86. The van der Waals surface area contributed by atoms with Gasteiger partial charge < -0.3 is 16.0 Å². The number of hydrogen-bond acceptors (Lipinski definition) is 9. The van der Waals surface area contributed by atoms with Gasteiger partial charge in [-0.25, -0.2) is 19.9 Å². The van der Waals surface area contributed by atoms with Gasteiger partial charge in [-0.3, -0.25) is 19.1 Å². The first-order chi connectivity index (χ1) is 13.9. The van der Waals surface area contributed by atoms with Crippen LogP contribution in [0, 0.1) is 0 Å². The smallest absolute Gasteiger partial charge is 0.278 e. The Balaban J connectivity index is 1.97. The molecule has 0 aliphatic heterocycles. The first kappa shape index (κ1) is 19.5. The van der Waals surface area contributed by atoms with Crippen molar-refractivity contribution in [3.05, 3.63) is 48.2 Å². The van der Waals surface area contributed by atoms with Crippen molar-refractivity contribution in [3.63, 3.8) is 0 Å². The van der Waals surface area contributed by atoms with Crippen molar-refractivity contribution >= 4 is 34.8 Å². The summed E-state index contributed by atoms with van der Waals surface area (Å²) in [5, 5.41) is 12.0. The molecule has 0 aliphatic rings. The third kappa shape index (κ3) is 4.37. The Kier molecular flexibility index (Phi) is 5.53. The number of aryl methyl sites for hydroxylation is 1. The molecule has 3 rings (SSSR count). The van der Waals surface area contributed by atoms with Gasteiger partial charge in [0.2, 0.25) is 0 Å². The van der Waals surface area contributed by atoms with Gasteiger partial charge in [-0.15, -0.1) is 0 Å². The quantitative estimate of drug-likeness (QED) is 0.507. The maximum Gasteiger partial charge on any atom is 0.278 e. The molecule has 3 aromatic heterocycles. The lowest BCUT2D eigenvalue weighted by atomic mass is 10.2. The van der Waals surface area contributed by atoms with E-state index >= 15 is 0 Å². The Morgan fingerprint density at radius 1 is 1.03 bits per heavy atom. The molecule has 0 saturated heterocycles. The van der Waals surface area contributed by atoms with E-state index in [9.17, 15) is 14.4 Å². The van der Waals surface area contributed by atoms with Crippen LogP contribution in [0.2, 0.25) is 0 Å². The Morgan fingerprint density at radius 3 is 2.41 bits per heavy atom. The minimum Gasteiger partial charge on any atom is -0.354 e. The zero-order valence-electron chi connectivity index (χ0n) is 15.8. The van der Waals surface area contributed by atoms with Crippen molar-refractivity contribution in [3.8, 4) is 0 Å². The molecule has 0 aliphatic carbocycles. The molecule has 12 heteroatoms. The molecule has 3 aromatic rings. The predicted molar refractivity (Wildman–Crippen MR) is 102 cm³/mol. The molecule has 148 valence electrons. The lowest BCUT2D eigenvalue weighted by molar-refractivity contribution is 0.0957. The highest BCUT2D eigenvalue weighted by Crippen LogP contribution is 2.20. The van der Waals surface area contributed by atoms with Crippen molar-refractivity contribution < 1.29 is 14.4 Å². The van der Waals surface area contributed by atoms with Gasteiger partial charge in [0.25, 0.3) is 11.8 Å². The number of Topliss-reactive ketones (excluding diaryl/α,β-unsaturated/α-hetero) is 1. The Hall–Kier alpha value is -4.22. The molecule has 0 atom stereocenters. The highest BCUT2D eigenvalue weighted by Gasteiger charge is 2.22. The fraction of sp³-hybridized carbons (Fsp3) is 0.176. The van der Waals surface area contributed by atoms with Crippen LogP contribution in [0.4, 0.5) is 17.2 Å². The summed E-state index contributed by atoms with van der Waals surface area (Å²) < 4.78 is 1.39. The Bertz CT molecular complexity index is 1080. The van der Waals surface area contributed by atoms with Gasteiger partial charge in [0, 0.05) is 27.2 Å². The van der Waals surface area contributed by atoms with Crippen LogP contribution in [0.1, 0.15) is 38.4 Å². The number of carbonyl (C=O) groups is 3. The molecule has 0 radical (unpaired) electrons. The van der Waals surface area contributed by atoms with Crippen molar-refractivity contribution in [2.75, 3.05) is 17.7 Å². The number of rotatable bonds is 6. The molecule has 0 spiro atoms. The van der Waals surface area contributed by atoms with E-state index in [-0.39, 0.29) is 34.4 Å². The van der Waals surface area contributed by atoms with Crippen LogP contribution in [0.15, 0.2) is 31.1 Å². The van der Waals surface area contributed by atoms with Gasteiger partial charge in [0.1, 0.15) is 12.0 Å². The zero-order valence-corrected chi connectivity index (χ0v) is 15.8. The van der Waals surface area contributed by atoms with Crippen molar-refractivity contribution in [1.82, 2.24) is 35.0 Å². The van der Waals surface area contributed by atoms with Crippen LogP contribution in [0.5, 0.6) is 0 Å². The van der Waals surface area contributed by atoms with Gasteiger partial charge >= 0.3 is 0 Å². The summed E-state index contributed by atoms with van der Waals surface area (Å²) in [6.45, 7) is 1.31. The lowest BCUT2D eigenvalue weighted by Gasteiger charge is -2.11. The van der Waals surface area contributed by atoms with Gasteiger partial charge in [0.05, 0.1) is 30.0 Å². The van der Waals surface area contributed by atoms with E-state index in [1.165, 1.54) is 49.8 Å². The molecule has 0 unspecified atom stereocenters. The first-order valence-corrected chi connectivity index (χ1v) is 8.36. The highest BCUT2D eigenvalue weighted by atomic mass is 16.2. The summed E-state index contributed by atoms with van der Waals surface area (Å²) in [5.74, 6) is -1.41. The minimum atomic E-state index is -0.682. The van der Waals surface area contributed by atoms with E-state index in [4.69, 9.17) is 0 Å². The number of amides is 2. The van der Waals surface area contributed by atoms with E-state index in [2.05, 4.69) is 41.0 Å². The molecule has 0 aromatic carbocycles. The number of ketones is 1. The summed E-state index contributed by atoms with van der Waals surface area (Å²) in [6, 6.07) is 0. The summed E-state index contributed by atoms with van der Waals surface area (Å²) in [4.78, 5) is 52.6. The van der Waals surface area contributed by atoms with Gasteiger partial charge in [-0.05, 0) is 0 Å². The lowest BCUT2D eigenvalue weighted by Crippen LogP contribution is -2.23. The summed E-state index contributed by atoms with van der Waals surface area (Å²) in [5.41, 5.74) is 0.556. The average molecular weight is 395 g/mol. The van der Waals surface area contributed by atoms with Crippen LogP contribution >= 0.6 is 0 Å². The normalized spacial score (nSPS) is 10.3. The van der Waals surface area contributed by atoms with Crippen LogP contribution < -0.4 is 16.0 Å². The van der Waals surface area contributed by atoms with Gasteiger partial charge in [-0.1, -0.05) is 0 Å². The molecule has 0 fully saturated rings. The van der Waals surface area contributed by atoms with Crippen LogP contribution in [0.25, 0.3) is 0 Å². The summed E-state index contributed by atoms with van der Waals surface area (Å²) in [7, 11) is 3.06. The molecular weight excluding hydrogens is 378 g/mol. The largest absolute Gasteiger partial charge is 0.354 e. The fourth-order valence-corrected chi connectivity index (χ4v) is 2.36. The number of aromatic nitrogens is 6. The van der Waals surface area contributed by atoms with Gasteiger partial charge in [0.15, 0.2) is 23.0 Å². The van der Waals surface area contributed by atoms with Crippen molar-refractivity contribution in [1.29, 1.82) is 0 Å². The molecule has 3 N–H and O–H groups in total. The average Bonchev–Trinajstić information content (AvgIpc) is 3.08. The molecular formula is C17H17N9O3. The third-order valence-electron chi connectivity index (χ3n) is 3.69. The Labute approximate surface area is 164 Å². The van der Waals surface area contributed by atoms with E-state index in [1.54, 1.807) is 7.05 Å². The van der Waals surface area contributed by atoms with Gasteiger partial charge in [-0.2, -0.15) is 5.10 Å². The van der Waals surface area contributed by atoms with Crippen molar-refractivity contribution in [2.24, 2.45) is 7.05 Å². The van der Waals surface area contributed by atoms with E-state index in [1.807, 2.05) is 0 Å². The second-order valence-corrected chi connectivity index (χ2v) is 5.86. The molecule has 12 nitrogen and oxygen atoms in total. The molecule has 0 bridgehead atoms. The number of nitrogens with one attached hydrogen (secondary N) is 3. The standard InChI is InChI=1S/C17H17N9O3/c1-9(27)11-6-21-15(22-10-4-19-8-20-5-10)14(23-11)17(29)24-12-7-26(3)25-13(12)16(28)18-2/h4-8H,1-3H3,(H,18,28)(H,21,22)(H,24,29). The maximum atomic E-state index is 12.9. The molecule has 0 saturated carbocycles. The number of nitrogens with zero attached hydrogens (tertiary/aromatic N) is 6. The van der Waals surface area contributed by atoms with E-state index in [0.29, 0.717) is 5.69 Å². The van der Waals surface area contributed by atoms with Crippen LogP contribution in [-0.4, -0.2) is 54.4 Å². The van der Waals surface area contributed by atoms with E-state index < -0.39 is 11.8 Å². The van der Waals surface area contributed by atoms with Crippen molar-refractivity contribution in [2.45, 2.75) is 6.92 Å². The topological polar surface area (TPSA) is 157 Å². The maximum absolute atomic E-state index is 12.9. The first-order valence-electron chi connectivity index (χ1n) is 8.36.